The van der Waals surface area contributed by atoms with Gasteiger partial charge >= 0.3 is 0 Å². The lowest BCUT2D eigenvalue weighted by Crippen LogP contribution is -2.47. The van der Waals surface area contributed by atoms with Crippen molar-refractivity contribution in [2.24, 2.45) is 24.8 Å². The van der Waals surface area contributed by atoms with Gasteiger partial charge in [0.2, 0.25) is 0 Å². The summed E-state index contributed by atoms with van der Waals surface area (Å²) in [5.74, 6) is 2.46. The number of nitrogens with zero attached hydrogens (tertiary/aromatic N) is 2. The fraction of sp³-hybridized carbons (Fsp3) is 0.765. The van der Waals surface area contributed by atoms with E-state index < -0.39 is 0 Å². The monoisotopic (exact) mass is 322 g/mol. The van der Waals surface area contributed by atoms with Crippen LogP contribution in [-0.4, -0.2) is 39.8 Å². The molecule has 0 amide bonds. The number of hydrogen-bond acceptors (Lipinski definition) is 4. The van der Waals surface area contributed by atoms with Crippen molar-refractivity contribution in [3.05, 3.63) is 17.5 Å². The average molecular weight is 322 g/mol. The number of thioether (sulfide) groups is 1. The summed E-state index contributed by atoms with van der Waals surface area (Å²) in [5.41, 5.74) is 1.77. The van der Waals surface area contributed by atoms with Gasteiger partial charge in [-0.2, -0.15) is 16.9 Å². The summed E-state index contributed by atoms with van der Waals surface area (Å²) in [7, 11) is 3.71. The molecule has 1 aromatic heterocycles. The van der Waals surface area contributed by atoms with E-state index >= 15 is 0 Å². The number of methoxy groups -OCH3 is 1. The molecule has 0 radical (unpaired) electrons. The van der Waals surface area contributed by atoms with Crippen LogP contribution in [0.5, 0.6) is 0 Å². The first kappa shape index (κ1) is 16.1. The number of rotatable bonds is 3. The Labute approximate surface area is 137 Å². The van der Waals surface area contributed by atoms with E-state index in [0.717, 1.165) is 30.5 Å². The topological polar surface area (TPSA) is 44.1 Å². The molecule has 0 aromatic carbocycles. The summed E-state index contributed by atoms with van der Waals surface area (Å²) in [6.07, 6.45) is 5.29. The van der Waals surface area contributed by atoms with Crippen LogP contribution < -0.4 is 0 Å². The van der Waals surface area contributed by atoms with Gasteiger partial charge in [-0.05, 0) is 37.9 Å². The van der Waals surface area contributed by atoms with Gasteiger partial charge in [-0.3, -0.25) is 9.48 Å². The molecule has 1 aliphatic carbocycles. The quantitative estimate of drug-likeness (QED) is 0.802. The number of carbonyl (C=O) groups excluding carboxylic acids is 1. The molecule has 1 saturated carbocycles. The van der Waals surface area contributed by atoms with E-state index in [9.17, 15) is 4.79 Å². The Hall–Kier alpha value is -0.810. The van der Waals surface area contributed by atoms with Crippen molar-refractivity contribution < 1.29 is 9.53 Å². The molecule has 2 fully saturated rings. The van der Waals surface area contributed by atoms with E-state index in [0.29, 0.717) is 23.2 Å². The third-order valence-corrected chi connectivity index (χ3v) is 7.19. The minimum Gasteiger partial charge on any atom is -0.381 e. The number of aromatic nitrogens is 2. The van der Waals surface area contributed by atoms with Gasteiger partial charge in [-0.15, -0.1) is 0 Å². The SMILES string of the molecule is COC1CCSC2CCC(C(=O)c3cnn(C)c3C)C(C)C12. The Morgan fingerprint density at radius 3 is 2.82 bits per heavy atom. The van der Waals surface area contributed by atoms with Crippen LogP contribution in [0, 0.1) is 24.7 Å². The predicted octanol–water partition coefficient (Wildman–Crippen LogP) is 3.09. The first-order valence-corrected chi connectivity index (χ1v) is 9.26. The lowest BCUT2D eigenvalue weighted by molar-refractivity contribution is -0.00277. The molecule has 1 aliphatic heterocycles. The van der Waals surface area contributed by atoms with Crippen LogP contribution in [0.15, 0.2) is 6.20 Å². The van der Waals surface area contributed by atoms with Crippen LogP contribution in [0.4, 0.5) is 0 Å². The van der Waals surface area contributed by atoms with Gasteiger partial charge < -0.3 is 4.74 Å². The second kappa shape index (κ2) is 6.36. The summed E-state index contributed by atoms with van der Waals surface area (Å²) in [6, 6.07) is 0. The molecule has 22 heavy (non-hydrogen) atoms. The molecule has 1 aromatic rings. The van der Waals surface area contributed by atoms with E-state index in [1.54, 1.807) is 10.9 Å². The zero-order valence-electron chi connectivity index (χ0n) is 13.9. The van der Waals surface area contributed by atoms with Crippen LogP contribution in [0.25, 0.3) is 0 Å². The molecule has 0 spiro atoms. The Bertz CT molecular complexity index is 551. The predicted molar refractivity (Wildman–Crippen MR) is 89.3 cm³/mol. The average Bonchev–Trinajstić information content (AvgIpc) is 2.86. The van der Waals surface area contributed by atoms with E-state index in [1.807, 2.05) is 21.1 Å². The van der Waals surface area contributed by atoms with Crippen molar-refractivity contribution in [2.75, 3.05) is 12.9 Å². The van der Waals surface area contributed by atoms with Crippen LogP contribution in [0.2, 0.25) is 0 Å². The van der Waals surface area contributed by atoms with Crippen molar-refractivity contribution in [1.29, 1.82) is 0 Å². The maximum atomic E-state index is 13.0. The van der Waals surface area contributed by atoms with E-state index in [4.69, 9.17) is 4.74 Å². The number of ketones is 1. The highest BCUT2D eigenvalue weighted by Crippen LogP contribution is 2.47. The Morgan fingerprint density at radius 1 is 1.41 bits per heavy atom. The van der Waals surface area contributed by atoms with Gasteiger partial charge in [0.1, 0.15) is 0 Å². The third-order valence-electron chi connectivity index (χ3n) is 5.74. The first-order valence-electron chi connectivity index (χ1n) is 8.21. The van der Waals surface area contributed by atoms with Gasteiger partial charge in [-0.1, -0.05) is 6.92 Å². The van der Waals surface area contributed by atoms with Crippen LogP contribution >= 0.6 is 11.8 Å². The van der Waals surface area contributed by atoms with Crippen LogP contribution in [-0.2, 0) is 11.8 Å². The zero-order valence-corrected chi connectivity index (χ0v) is 14.7. The van der Waals surface area contributed by atoms with Gasteiger partial charge in [0.15, 0.2) is 5.78 Å². The third kappa shape index (κ3) is 2.62. The molecule has 0 bridgehead atoms. The maximum absolute atomic E-state index is 13.0. The fourth-order valence-corrected chi connectivity index (χ4v) is 5.91. The summed E-state index contributed by atoms with van der Waals surface area (Å²) in [5, 5.41) is 4.90. The molecule has 0 N–H and O–H groups in total. The van der Waals surface area contributed by atoms with Crippen molar-refractivity contribution in [3.63, 3.8) is 0 Å². The standard InChI is InChI=1S/C17H26N2O2S/c1-10-12(17(20)13-9-18-19(3)11(13)2)5-6-15-16(10)14(21-4)7-8-22-15/h9-10,12,14-16H,5-8H2,1-4H3. The maximum Gasteiger partial charge on any atom is 0.169 e. The summed E-state index contributed by atoms with van der Waals surface area (Å²) in [6.45, 7) is 4.23. The Morgan fingerprint density at radius 2 is 2.18 bits per heavy atom. The minimum atomic E-state index is 0.112. The molecule has 4 nitrogen and oxygen atoms in total. The highest BCUT2D eigenvalue weighted by Gasteiger charge is 2.46. The molecule has 1 saturated heterocycles. The molecule has 2 heterocycles. The highest BCUT2D eigenvalue weighted by atomic mass is 32.2. The number of carbonyl (C=O) groups is 1. The summed E-state index contributed by atoms with van der Waals surface area (Å²) in [4.78, 5) is 13.0. The Balaban J connectivity index is 1.83. The molecular weight excluding hydrogens is 296 g/mol. The number of fused-ring (bicyclic) bond motifs is 1. The molecular formula is C17H26N2O2S. The summed E-state index contributed by atoms with van der Waals surface area (Å²) < 4.78 is 7.54. The van der Waals surface area contributed by atoms with E-state index in [1.165, 1.54) is 5.75 Å². The number of aryl methyl sites for hydroxylation is 1. The lowest BCUT2D eigenvalue weighted by Gasteiger charge is -2.46. The molecule has 2 aliphatic rings. The second-order valence-corrected chi connectivity index (χ2v) is 8.07. The van der Waals surface area contributed by atoms with Gasteiger partial charge in [0, 0.05) is 36.9 Å². The normalized spacial score (nSPS) is 35.2. The molecule has 5 heteroatoms. The first-order chi connectivity index (χ1) is 10.5. The minimum absolute atomic E-state index is 0.112. The zero-order chi connectivity index (χ0) is 15.9. The van der Waals surface area contributed by atoms with E-state index in [2.05, 4.69) is 23.8 Å². The molecule has 3 rings (SSSR count). The summed E-state index contributed by atoms with van der Waals surface area (Å²) >= 11 is 2.08. The lowest BCUT2D eigenvalue weighted by atomic mass is 9.67. The molecule has 5 atom stereocenters. The van der Waals surface area contributed by atoms with Crippen molar-refractivity contribution in [2.45, 2.75) is 44.5 Å². The fourth-order valence-electron chi connectivity index (χ4n) is 4.29. The van der Waals surface area contributed by atoms with Crippen LogP contribution in [0.1, 0.15) is 42.2 Å². The number of ether oxygens (including phenoxy) is 1. The molecule has 5 unspecified atom stereocenters. The van der Waals surface area contributed by atoms with Gasteiger partial charge in [0.05, 0.1) is 17.9 Å². The van der Waals surface area contributed by atoms with Crippen molar-refractivity contribution in [1.82, 2.24) is 9.78 Å². The van der Waals surface area contributed by atoms with Crippen molar-refractivity contribution in [3.8, 4) is 0 Å². The highest BCUT2D eigenvalue weighted by molar-refractivity contribution is 7.99. The van der Waals surface area contributed by atoms with Crippen molar-refractivity contribution >= 4 is 17.5 Å². The number of Topliss-reactive ketones (excluding diaryl/α,β-unsaturated/α-hetero) is 1. The van der Waals surface area contributed by atoms with E-state index in [-0.39, 0.29) is 11.7 Å². The van der Waals surface area contributed by atoms with Gasteiger partial charge in [-0.25, -0.2) is 0 Å². The van der Waals surface area contributed by atoms with Crippen LogP contribution in [0.3, 0.4) is 0 Å². The smallest absolute Gasteiger partial charge is 0.169 e. The second-order valence-electron chi connectivity index (χ2n) is 6.72. The largest absolute Gasteiger partial charge is 0.381 e. The molecule has 122 valence electrons. The Kier molecular flexibility index (Phi) is 4.64. The van der Waals surface area contributed by atoms with Gasteiger partial charge in [0.25, 0.3) is 0 Å². The number of hydrogen-bond donors (Lipinski definition) is 0.